The Kier molecular flexibility index (Phi) is 1.95. The number of hydrogen-bond donors (Lipinski definition) is 2. The van der Waals surface area contributed by atoms with Gasteiger partial charge in [-0.05, 0) is 0 Å². The molecule has 2 aromatic rings. The summed E-state index contributed by atoms with van der Waals surface area (Å²) in [6.45, 7) is 3.81. The Morgan fingerprint density at radius 3 is 2.93 bits per heavy atom. The Labute approximate surface area is 85.9 Å². The van der Waals surface area contributed by atoms with Crippen LogP contribution in [0.15, 0.2) is 6.20 Å². The van der Waals surface area contributed by atoms with E-state index in [9.17, 15) is 0 Å². The van der Waals surface area contributed by atoms with Crippen LogP contribution in [0.25, 0.3) is 11.2 Å². The van der Waals surface area contributed by atoms with Gasteiger partial charge in [-0.25, -0.2) is 4.98 Å². The smallest absolute Gasteiger partial charge is 0.227 e. The SMILES string of the molecule is c1nc(N2CCNCC2)nc2n[nH]nc12. The predicted molar refractivity (Wildman–Crippen MR) is 54.6 cm³/mol. The van der Waals surface area contributed by atoms with Crippen LogP contribution in [-0.4, -0.2) is 51.6 Å². The van der Waals surface area contributed by atoms with Gasteiger partial charge in [-0.1, -0.05) is 0 Å². The van der Waals surface area contributed by atoms with E-state index in [1.165, 1.54) is 0 Å². The van der Waals surface area contributed by atoms with Crippen molar-refractivity contribution in [1.29, 1.82) is 0 Å². The maximum Gasteiger partial charge on any atom is 0.227 e. The molecule has 0 amide bonds. The summed E-state index contributed by atoms with van der Waals surface area (Å²) < 4.78 is 0. The lowest BCUT2D eigenvalue weighted by Crippen LogP contribution is -2.44. The van der Waals surface area contributed by atoms with Gasteiger partial charge in [0.1, 0.15) is 5.52 Å². The number of piperazine rings is 1. The second kappa shape index (κ2) is 3.43. The molecular formula is C8H11N7. The van der Waals surface area contributed by atoms with E-state index >= 15 is 0 Å². The Balaban J connectivity index is 1.95. The van der Waals surface area contributed by atoms with E-state index in [4.69, 9.17) is 0 Å². The predicted octanol–water partition coefficient (Wildman–Crippen LogP) is -0.842. The highest BCUT2D eigenvalue weighted by Crippen LogP contribution is 2.10. The number of nitrogens with zero attached hydrogens (tertiary/aromatic N) is 5. The molecule has 7 nitrogen and oxygen atoms in total. The highest BCUT2D eigenvalue weighted by atomic mass is 15.4. The van der Waals surface area contributed by atoms with Crippen LogP contribution in [0.1, 0.15) is 0 Å². The second-order valence-corrected chi connectivity index (χ2v) is 3.44. The topological polar surface area (TPSA) is 82.6 Å². The number of aromatic nitrogens is 5. The van der Waals surface area contributed by atoms with Crippen LogP contribution in [0, 0.1) is 0 Å². The quantitative estimate of drug-likeness (QED) is 0.631. The highest BCUT2D eigenvalue weighted by Gasteiger charge is 2.13. The molecule has 0 spiro atoms. The minimum absolute atomic E-state index is 0.624. The van der Waals surface area contributed by atoms with Crippen LogP contribution in [0.5, 0.6) is 0 Å². The van der Waals surface area contributed by atoms with E-state index in [2.05, 4.69) is 35.6 Å². The minimum Gasteiger partial charge on any atom is -0.338 e. The van der Waals surface area contributed by atoms with Crippen molar-refractivity contribution in [2.45, 2.75) is 0 Å². The molecule has 0 atom stereocenters. The molecule has 0 radical (unpaired) electrons. The van der Waals surface area contributed by atoms with Crippen molar-refractivity contribution in [3.05, 3.63) is 6.20 Å². The Morgan fingerprint density at radius 2 is 2.07 bits per heavy atom. The number of hydrogen-bond acceptors (Lipinski definition) is 6. The summed E-state index contributed by atoms with van der Waals surface area (Å²) in [6.07, 6.45) is 1.70. The zero-order valence-corrected chi connectivity index (χ0v) is 8.14. The average molecular weight is 205 g/mol. The number of rotatable bonds is 1. The molecule has 1 fully saturated rings. The first-order chi connectivity index (χ1) is 7.43. The molecule has 1 saturated heterocycles. The van der Waals surface area contributed by atoms with E-state index in [1.807, 2.05) is 0 Å². The molecule has 1 aliphatic heterocycles. The molecule has 0 aliphatic carbocycles. The molecule has 3 rings (SSSR count). The summed E-state index contributed by atoms with van der Waals surface area (Å²) in [5.41, 5.74) is 1.33. The first kappa shape index (κ1) is 8.54. The molecule has 0 unspecified atom stereocenters. The summed E-state index contributed by atoms with van der Waals surface area (Å²) in [5.74, 6) is 0.734. The Hall–Kier alpha value is -1.76. The van der Waals surface area contributed by atoms with Gasteiger partial charge < -0.3 is 10.2 Å². The van der Waals surface area contributed by atoms with Crippen LogP contribution in [0.3, 0.4) is 0 Å². The van der Waals surface area contributed by atoms with Gasteiger partial charge in [0, 0.05) is 26.2 Å². The van der Waals surface area contributed by atoms with Crippen LogP contribution < -0.4 is 10.2 Å². The van der Waals surface area contributed by atoms with E-state index < -0.39 is 0 Å². The summed E-state index contributed by atoms with van der Waals surface area (Å²) in [5, 5.41) is 13.7. The largest absolute Gasteiger partial charge is 0.338 e. The molecule has 7 heteroatoms. The third-order valence-corrected chi connectivity index (χ3v) is 2.46. The molecule has 0 bridgehead atoms. The van der Waals surface area contributed by atoms with Gasteiger partial charge in [0.2, 0.25) is 11.6 Å². The molecule has 0 saturated carbocycles. The number of H-pyrrole nitrogens is 1. The molecule has 2 aromatic heterocycles. The van der Waals surface area contributed by atoms with Crippen molar-refractivity contribution >= 4 is 17.1 Å². The van der Waals surface area contributed by atoms with Crippen molar-refractivity contribution in [2.24, 2.45) is 0 Å². The maximum atomic E-state index is 4.34. The van der Waals surface area contributed by atoms with Crippen molar-refractivity contribution in [1.82, 2.24) is 30.7 Å². The minimum atomic E-state index is 0.624. The van der Waals surface area contributed by atoms with Crippen molar-refractivity contribution in [3.63, 3.8) is 0 Å². The molecule has 2 N–H and O–H groups in total. The monoisotopic (exact) mass is 205 g/mol. The highest BCUT2D eigenvalue weighted by molar-refractivity contribution is 5.68. The zero-order chi connectivity index (χ0) is 10.1. The molecule has 15 heavy (non-hydrogen) atoms. The fourth-order valence-electron chi connectivity index (χ4n) is 1.66. The van der Waals surface area contributed by atoms with E-state index in [-0.39, 0.29) is 0 Å². The molecular weight excluding hydrogens is 194 g/mol. The van der Waals surface area contributed by atoms with Gasteiger partial charge in [-0.15, -0.1) is 5.10 Å². The standard InChI is InChI=1S/C8H11N7/c1-3-15(4-2-9-1)8-10-5-6-7(11-8)13-14-12-6/h5,9H,1-4H2,(H,10,11,12,13,14). The molecule has 0 aromatic carbocycles. The van der Waals surface area contributed by atoms with Gasteiger partial charge in [0.25, 0.3) is 0 Å². The molecule has 1 aliphatic rings. The van der Waals surface area contributed by atoms with E-state index in [0.29, 0.717) is 11.2 Å². The Morgan fingerprint density at radius 1 is 1.20 bits per heavy atom. The number of fused-ring (bicyclic) bond motifs is 1. The van der Waals surface area contributed by atoms with Crippen LogP contribution in [-0.2, 0) is 0 Å². The number of aromatic amines is 1. The van der Waals surface area contributed by atoms with Crippen molar-refractivity contribution in [3.8, 4) is 0 Å². The van der Waals surface area contributed by atoms with E-state index in [0.717, 1.165) is 32.1 Å². The summed E-state index contributed by atoms with van der Waals surface area (Å²) in [4.78, 5) is 10.8. The number of nitrogens with one attached hydrogen (secondary N) is 2. The number of anilines is 1. The Bertz CT molecular complexity index is 459. The fraction of sp³-hybridized carbons (Fsp3) is 0.500. The van der Waals surface area contributed by atoms with Crippen LogP contribution in [0.4, 0.5) is 5.95 Å². The maximum absolute atomic E-state index is 4.34. The lowest BCUT2D eigenvalue weighted by molar-refractivity contribution is 0.580. The van der Waals surface area contributed by atoms with Gasteiger partial charge in [0.15, 0.2) is 0 Å². The third-order valence-electron chi connectivity index (χ3n) is 2.46. The normalized spacial score (nSPS) is 17.2. The fourth-order valence-corrected chi connectivity index (χ4v) is 1.66. The molecule has 78 valence electrons. The van der Waals surface area contributed by atoms with Gasteiger partial charge >= 0.3 is 0 Å². The van der Waals surface area contributed by atoms with Crippen molar-refractivity contribution < 1.29 is 0 Å². The summed E-state index contributed by atoms with van der Waals surface area (Å²) >= 11 is 0. The summed E-state index contributed by atoms with van der Waals surface area (Å²) in [6, 6.07) is 0. The van der Waals surface area contributed by atoms with Crippen molar-refractivity contribution in [2.75, 3.05) is 31.1 Å². The van der Waals surface area contributed by atoms with Crippen LogP contribution >= 0.6 is 0 Å². The third kappa shape index (κ3) is 1.50. The van der Waals surface area contributed by atoms with E-state index in [1.54, 1.807) is 6.20 Å². The second-order valence-electron chi connectivity index (χ2n) is 3.44. The lowest BCUT2D eigenvalue weighted by Gasteiger charge is -2.26. The van der Waals surface area contributed by atoms with Gasteiger partial charge in [-0.3, -0.25) is 0 Å². The van der Waals surface area contributed by atoms with Gasteiger partial charge in [-0.2, -0.15) is 15.3 Å². The zero-order valence-electron chi connectivity index (χ0n) is 8.14. The lowest BCUT2D eigenvalue weighted by atomic mass is 10.4. The first-order valence-corrected chi connectivity index (χ1v) is 4.93. The first-order valence-electron chi connectivity index (χ1n) is 4.93. The average Bonchev–Trinajstić information content (AvgIpc) is 2.77. The van der Waals surface area contributed by atoms with Crippen LogP contribution in [0.2, 0.25) is 0 Å². The molecule has 3 heterocycles. The summed E-state index contributed by atoms with van der Waals surface area (Å²) in [7, 11) is 0. The van der Waals surface area contributed by atoms with Gasteiger partial charge in [0.05, 0.1) is 6.20 Å².